The van der Waals surface area contributed by atoms with E-state index in [9.17, 15) is 10.1 Å². The molecule has 110 valence electrons. The molecule has 1 aliphatic rings. The third kappa shape index (κ3) is 3.45. The van der Waals surface area contributed by atoms with Crippen LogP contribution in [0.3, 0.4) is 0 Å². The molecule has 6 nitrogen and oxygen atoms in total. The van der Waals surface area contributed by atoms with Crippen LogP contribution in [-0.2, 0) is 0 Å². The summed E-state index contributed by atoms with van der Waals surface area (Å²) in [6.07, 6.45) is 2.19. The minimum atomic E-state index is -0.383. The summed E-state index contributed by atoms with van der Waals surface area (Å²) in [5, 5.41) is 14.2. The molecular formula is C14H22N4O2. The summed E-state index contributed by atoms with van der Waals surface area (Å²) >= 11 is 0. The van der Waals surface area contributed by atoms with Gasteiger partial charge in [-0.25, -0.2) is 4.98 Å². The lowest BCUT2D eigenvalue weighted by Gasteiger charge is -2.38. The number of nitrogens with one attached hydrogen (secondary N) is 1. The molecule has 0 aromatic carbocycles. The fraction of sp³-hybridized carbons (Fsp3) is 0.643. The summed E-state index contributed by atoms with van der Waals surface area (Å²) in [6.45, 7) is 6.93. The second kappa shape index (κ2) is 5.75. The SMILES string of the molecule is Cc1ccc([N+](=O)[O-])c(NCC2(C)CCN(C)CC2)n1. The first-order valence-electron chi connectivity index (χ1n) is 6.94. The van der Waals surface area contributed by atoms with E-state index in [2.05, 4.69) is 29.2 Å². The molecule has 1 fully saturated rings. The summed E-state index contributed by atoms with van der Waals surface area (Å²) in [7, 11) is 2.12. The predicted molar refractivity (Wildman–Crippen MR) is 79.0 cm³/mol. The van der Waals surface area contributed by atoms with Gasteiger partial charge in [0.05, 0.1) is 4.92 Å². The molecule has 0 spiro atoms. The van der Waals surface area contributed by atoms with Crippen molar-refractivity contribution >= 4 is 11.5 Å². The third-order valence-electron chi connectivity index (χ3n) is 4.09. The Labute approximate surface area is 119 Å². The molecule has 2 heterocycles. The van der Waals surface area contributed by atoms with Crippen molar-refractivity contribution in [1.82, 2.24) is 9.88 Å². The Kier molecular flexibility index (Phi) is 4.23. The number of piperidine rings is 1. The number of anilines is 1. The summed E-state index contributed by atoms with van der Waals surface area (Å²) in [6, 6.07) is 3.18. The van der Waals surface area contributed by atoms with Crippen molar-refractivity contribution in [2.45, 2.75) is 26.7 Å². The first kappa shape index (κ1) is 14.7. The fourth-order valence-corrected chi connectivity index (χ4v) is 2.46. The Hall–Kier alpha value is -1.69. The zero-order valence-electron chi connectivity index (χ0n) is 12.3. The quantitative estimate of drug-likeness (QED) is 0.676. The number of nitrogens with zero attached hydrogens (tertiary/aromatic N) is 3. The van der Waals surface area contributed by atoms with Crippen LogP contribution in [0.15, 0.2) is 12.1 Å². The zero-order chi connectivity index (χ0) is 14.8. The highest BCUT2D eigenvalue weighted by Gasteiger charge is 2.29. The van der Waals surface area contributed by atoms with Gasteiger partial charge in [-0.3, -0.25) is 10.1 Å². The smallest absolute Gasteiger partial charge is 0.311 e. The minimum absolute atomic E-state index is 0.0483. The second-order valence-corrected chi connectivity index (χ2v) is 6.04. The van der Waals surface area contributed by atoms with Crippen molar-refractivity contribution in [3.05, 3.63) is 27.9 Å². The molecule has 1 saturated heterocycles. The summed E-state index contributed by atoms with van der Waals surface area (Å²) in [5.74, 6) is 0.384. The summed E-state index contributed by atoms with van der Waals surface area (Å²) < 4.78 is 0. The molecular weight excluding hydrogens is 256 g/mol. The van der Waals surface area contributed by atoms with Crippen LogP contribution in [0.2, 0.25) is 0 Å². The summed E-state index contributed by atoms with van der Waals surface area (Å²) in [5.41, 5.74) is 1.00. The van der Waals surface area contributed by atoms with Gasteiger partial charge in [-0.2, -0.15) is 0 Å². The molecule has 0 atom stereocenters. The average Bonchev–Trinajstić information content (AvgIpc) is 2.40. The van der Waals surface area contributed by atoms with Gasteiger partial charge in [0.15, 0.2) is 0 Å². The van der Waals surface area contributed by atoms with Crippen LogP contribution in [0, 0.1) is 22.5 Å². The number of rotatable bonds is 4. The van der Waals surface area contributed by atoms with E-state index >= 15 is 0 Å². The highest BCUT2D eigenvalue weighted by molar-refractivity contribution is 5.56. The van der Waals surface area contributed by atoms with Gasteiger partial charge >= 0.3 is 5.69 Å². The molecule has 1 aliphatic heterocycles. The van der Waals surface area contributed by atoms with Crippen molar-refractivity contribution in [3.8, 4) is 0 Å². The number of aryl methyl sites for hydroxylation is 1. The summed E-state index contributed by atoms with van der Waals surface area (Å²) in [4.78, 5) is 17.2. The number of likely N-dealkylation sites (tertiary alicyclic amines) is 1. The van der Waals surface area contributed by atoms with Crippen LogP contribution in [0.25, 0.3) is 0 Å². The molecule has 1 aromatic heterocycles. The van der Waals surface area contributed by atoms with Crippen molar-refractivity contribution in [1.29, 1.82) is 0 Å². The predicted octanol–water partition coefficient (Wildman–Crippen LogP) is 2.44. The maximum atomic E-state index is 11.0. The standard InChI is InChI=1S/C14H22N4O2/c1-11-4-5-12(18(19)20)13(16-11)15-10-14(2)6-8-17(3)9-7-14/h4-5H,6-10H2,1-3H3,(H,15,16). The van der Waals surface area contributed by atoms with Crippen molar-refractivity contribution in [3.63, 3.8) is 0 Å². The van der Waals surface area contributed by atoms with Crippen LogP contribution >= 0.6 is 0 Å². The number of hydrogen-bond acceptors (Lipinski definition) is 5. The van der Waals surface area contributed by atoms with E-state index < -0.39 is 0 Å². The molecule has 20 heavy (non-hydrogen) atoms. The molecule has 0 saturated carbocycles. The lowest BCUT2D eigenvalue weighted by Crippen LogP contribution is -2.40. The topological polar surface area (TPSA) is 71.3 Å². The molecule has 6 heteroatoms. The normalized spacial score (nSPS) is 18.8. The Bertz CT molecular complexity index is 496. The molecule has 0 bridgehead atoms. The Morgan fingerprint density at radius 1 is 1.45 bits per heavy atom. The molecule has 1 aromatic rings. The van der Waals surface area contributed by atoms with Crippen LogP contribution < -0.4 is 5.32 Å². The van der Waals surface area contributed by atoms with Crippen LogP contribution in [0.4, 0.5) is 11.5 Å². The number of aromatic nitrogens is 1. The molecule has 2 rings (SSSR count). The highest BCUT2D eigenvalue weighted by Crippen LogP contribution is 2.31. The average molecular weight is 278 g/mol. The van der Waals surface area contributed by atoms with Crippen molar-refractivity contribution in [2.75, 3.05) is 32.0 Å². The third-order valence-corrected chi connectivity index (χ3v) is 4.09. The van der Waals surface area contributed by atoms with E-state index in [0.29, 0.717) is 5.82 Å². The zero-order valence-corrected chi connectivity index (χ0v) is 12.3. The molecule has 0 amide bonds. The van der Waals surface area contributed by atoms with Crippen molar-refractivity contribution < 1.29 is 4.92 Å². The van der Waals surface area contributed by atoms with E-state index in [0.717, 1.165) is 38.2 Å². The molecule has 0 radical (unpaired) electrons. The number of nitro groups is 1. The first-order chi connectivity index (χ1) is 9.39. The number of hydrogen-bond donors (Lipinski definition) is 1. The van der Waals surface area contributed by atoms with Gasteiger partial charge in [0.25, 0.3) is 0 Å². The van der Waals surface area contributed by atoms with E-state index in [4.69, 9.17) is 0 Å². The molecule has 1 N–H and O–H groups in total. The monoisotopic (exact) mass is 278 g/mol. The second-order valence-electron chi connectivity index (χ2n) is 6.04. The van der Waals surface area contributed by atoms with Gasteiger partial charge in [-0.05, 0) is 51.4 Å². The van der Waals surface area contributed by atoms with Gasteiger partial charge in [0.2, 0.25) is 5.82 Å². The maximum absolute atomic E-state index is 11.0. The van der Waals surface area contributed by atoms with Gasteiger partial charge in [0, 0.05) is 18.3 Å². The Morgan fingerprint density at radius 3 is 2.70 bits per heavy atom. The first-order valence-corrected chi connectivity index (χ1v) is 6.94. The Balaban J connectivity index is 2.07. The van der Waals surface area contributed by atoms with Gasteiger partial charge in [-0.15, -0.1) is 0 Å². The van der Waals surface area contributed by atoms with Gasteiger partial charge in [-0.1, -0.05) is 6.92 Å². The van der Waals surface area contributed by atoms with Crippen LogP contribution in [0.5, 0.6) is 0 Å². The van der Waals surface area contributed by atoms with Gasteiger partial charge < -0.3 is 10.2 Å². The lowest BCUT2D eigenvalue weighted by atomic mass is 9.80. The number of pyridine rings is 1. The maximum Gasteiger partial charge on any atom is 0.311 e. The fourth-order valence-electron chi connectivity index (χ4n) is 2.46. The largest absolute Gasteiger partial charge is 0.364 e. The van der Waals surface area contributed by atoms with Gasteiger partial charge in [0.1, 0.15) is 0 Å². The van der Waals surface area contributed by atoms with Crippen molar-refractivity contribution in [2.24, 2.45) is 5.41 Å². The highest BCUT2D eigenvalue weighted by atomic mass is 16.6. The lowest BCUT2D eigenvalue weighted by molar-refractivity contribution is -0.384. The van der Waals surface area contributed by atoms with Crippen LogP contribution in [-0.4, -0.2) is 41.5 Å². The van der Waals surface area contributed by atoms with Crippen LogP contribution in [0.1, 0.15) is 25.5 Å². The van der Waals surface area contributed by atoms with E-state index in [1.807, 2.05) is 6.92 Å². The molecule has 0 unspecified atom stereocenters. The van der Waals surface area contributed by atoms with E-state index in [1.165, 1.54) is 6.07 Å². The van der Waals surface area contributed by atoms with E-state index in [1.54, 1.807) is 6.07 Å². The van der Waals surface area contributed by atoms with E-state index in [-0.39, 0.29) is 16.0 Å². The minimum Gasteiger partial charge on any atom is -0.364 e. The molecule has 0 aliphatic carbocycles. The Morgan fingerprint density at radius 2 is 2.10 bits per heavy atom.